The molecule has 1 aromatic rings. The maximum atomic E-state index is 10.5. The number of non-ortho nitro benzene ring substituents is 1. The van der Waals surface area contributed by atoms with E-state index >= 15 is 0 Å². The van der Waals surface area contributed by atoms with Crippen molar-refractivity contribution in [2.45, 2.75) is 6.42 Å². The van der Waals surface area contributed by atoms with Crippen LogP contribution < -0.4 is 0 Å². The summed E-state index contributed by atoms with van der Waals surface area (Å²) in [5, 5.41) is 27.7. The zero-order valence-electron chi connectivity index (χ0n) is 7.81. The average Bonchev–Trinajstić information content (AvgIpc) is 2.19. The van der Waals surface area contributed by atoms with Crippen molar-refractivity contribution < 1.29 is 14.8 Å². The zero-order chi connectivity index (χ0) is 12.3. The Bertz CT molecular complexity index is 507. The number of nitro groups is 1. The minimum atomic E-state index is -1.16. The molecule has 1 aromatic carbocycles. The van der Waals surface area contributed by atoms with Gasteiger partial charge >= 0.3 is 5.97 Å². The van der Waals surface area contributed by atoms with E-state index in [4.69, 9.17) is 22.0 Å². The monoisotopic (exact) mass is 240 g/mol. The molecule has 0 atom stereocenters. The Morgan fingerprint density at radius 3 is 2.69 bits per heavy atom. The molecule has 1 rings (SSSR count). The third kappa shape index (κ3) is 2.46. The van der Waals surface area contributed by atoms with Crippen molar-refractivity contribution in [1.82, 2.24) is 0 Å². The highest BCUT2D eigenvalue weighted by Gasteiger charge is 2.17. The first-order valence-electron chi connectivity index (χ1n) is 4.04. The molecule has 0 aliphatic carbocycles. The van der Waals surface area contributed by atoms with Crippen LogP contribution in [0.15, 0.2) is 12.1 Å². The minimum absolute atomic E-state index is 0.0854. The molecule has 0 unspecified atom stereocenters. The lowest BCUT2D eigenvalue weighted by Gasteiger charge is -2.03. The third-order valence-electron chi connectivity index (χ3n) is 1.84. The molecule has 0 amide bonds. The van der Waals surface area contributed by atoms with Gasteiger partial charge in [-0.1, -0.05) is 11.6 Å². The van der Waals surface area contributed by atoms with Gasteiger partial charge in [-0.3, -0.25) is 14.9 Å². The molecule has 0 saturated heterocycles. The predicted octanol–water partition coefficient (Wildman–Crippen LogP) is 1.75. The second-order valence-corrected chi connectivity index (χ2v) is 3.30. The molecule has 7 heteroatoms. The number of carboxylic acid groups (broad SMARTS) is 1. The molecule has 0 heterocycles. The normalized spacial score (nSPS) is 9.50. The molecule has 0 fully saturated rings. The number of carbonyl (C=O) groups is 1. The van der Waals surface area contributed by atoms with Gasteiger partial charge in [0.05, 0.1) is 28.0 Å². The first kappa shape index (κ1) is 11.9. The van der Waals surface area contributed by atoms with Crippen LogP contribution in [0.1, 0.15) is 11.1 Å². The lowest BCUT2D eigenvalue weighted by atomic mass is 10.0. The number of hydrogen-bond donors (Lipinski definition) is 1. The van der Waals surface area contributed by atoms with Gasteiger partial charge in [0.2, 0.25) is 0 Å². The zero-order valence-corrected chi connectivity index (χ0v) is 8.56. The molecular weight excluding hydrogens is 236 g/mol. The van der Waals surface area contributed by atoms with Crippen LogP contribution in [-0.4, -0.2) is 16.0 Å². The molecule has 82 valence electrons. The fourth-order valence-corrected chi connectivity index (χ4v) is 1.44. The number of carboxylic acids is 1. The average molecular weight is 241 g/mol. The van der Waals surface area contributed by atoms with Crippen LogP contribution >= 0.6 is 11.6 Å². The van der Waals surface area contributed by atoms with Crippen LogP contribution in [0, 0.1) is 21.4 Å². The van der Waals surface area contributed by atoms with Crippen molar-refractivity contribution in [2.24, 2.45) is 0 Å². The highest BCUT2D eigenvalue weighted by molar-refractivity contribution is 6.32. The Hall–Kier alpha value is -2.13. The van der Waals surface area contributed by atoms with Gasteiger partial charge in [-0.05, 0) is 0 Å². The molecule has 0 aliphatic rings. The Morgan fingerprint density at radius 2 is 2.25 bits per heavy atom. The van der Waals surface area contributed by atoms with Gasteiger partial charge in [0.1, 0.15) is 0 Å². The first-order valence-corrected chi connectivity index (χ1v) is 4.42. The molecule has 6 nitrogen and oxygen atoms in total. The van der Waals surface area contributed by atoms with Crippen molar-refractivity contribution in [2.75, 3.05) is 0 Å². The van der Waals surface area contributed by atoms with Crippen LogP contribution in [0.3, 0.4) is 0 Å². The summed E-state index contributed by atoms with van der Waals surface area (Å²) >= 11 is 5.68. The van der Waals surface area contributed by atoms with E-state index in [2.05, 4.69) is 0 Å². The summed E-state index contributed by atoms with van der Waals surface area (Å²) in [4.78, 5) is 20.3. The SMILES string of the molecule is N#Cc1cc([N+](=O)[O-])cc(Cl)c1CC(=O)O. The van der Waals surface area contributed by atoms with Gasteiger partial charge in [0, 0.05) is 17.7 Å². The Balaban J connectivity index is 3.35. The van der Waals surface area contributed by atoms with E-state index in [9.17, 15) is 14.9 Å². The van der Waals surface area contributed by atoms with Crippen molar-refractivity contribution in [3.8, 4) is 6.07 Å². The van der Waals surface area contributed by atoms with E-state index in [0.717, 1.165) is 12.1 Å². The highest BCUT2D eigenvalue weighted by Crippen LogP contribution is 2.26. The predicted molar refractivity (Wildman–Crippen MR) is 54.2 cm³/mol. The number of nitrogens with zero attached hydrogens (tertiary/aromatic N) is 2. The van der Waals surface area contributed by atoms with Crippen molar-refractivity contribution in [3.63, 3.8) is 0 Å². The maximum absolute atomic E-state index is 10.5. The topological polar surface area (TPSA) is 104 Å². The van der Waals surface area contributed by atoms with Crippen LogP contribution in [-0.2, 0) is 11.2 Å². The number of hydrogen-bond acceptors (Lipinski definition) is 4. The Labute approximate surface area is 94.8 Å². The fraction of sp³-hybridized carbons (Fsp3) is 0.111. The molecule has 1 N–H and O–H groups in total. The number of nitriles is 1. The van der Waals surface area contributed by atoms with Crippen LogP contribution in [0.5, 0.6) is 0 Å². The maximum Gasteiger partial charge on any atom is 0.307 e. The molecule has 0 bridgehead atoms. The largest absolute Gasteiger partial charge is 0.481 e. The molecule has 0 radical (unpaired) electrons. The summed E-state index contributed by atoms with van der Waals surface area (Å²) in [7, 11) is 0. The quantitative estimate of drug-likeness (QED) is 0.640. The summed E-state index contributed by atoms with van der Waals surface area (Å²) in [6.45, 7) is 0. The first-order chi connectivity index (χ1) is 7.45. The van der Waals surface area contributed by atoms with E-state index in [0.29, 0.717) is 0 Å². The highest BCUT2D eigenvalue weighted by atomic mass is 35.5. The third-order valence-corrected chi connectivity index (χ3v) is 2.18. The number of benzene rings is 1. The summed E-state index contributed by atoms with van der Waals surface area (Å²) < 4.78 is 0. The van der Waals surface area contributed by atoms with Crippen LogP contribution in [0.25, 0.3) is 0 Å². The van der Waals surface area contributed by atoms with Crippen molar-refractivity contribution in [3.05, 3.63) is 38.4 Å². The second kappa shape index (κ2) is 4.59. The van der Waals surface area contributed by atoms with Gasteiger partial charge in [0.25, 0.3) is 5.69 Å². The smallest absolute Gasteiger partial charge is 0.307 e. The summed E-state index contributed by atoms with van der Waals surface area (Å²) in [6.07, 6.45) is -0.445. The molecule has 0 saturated carbocycles. The minimum Gasteiger partial charge on any atom is -0.481 e. The van der Waals surface area contributed by atoms with Crippen molar-refractivity contribution >= 4 is 23.3 Å². The lowest BCUT2D eigenvalue weighted by Crippen LogP contribution is -2.04. The van der Waals surface area contributed by atoms with E-state index in [1.54, 1.807) is 6.07 Å². The van der Waals surface area contributed by atoms with E-state index < -0.39 is 17.3 Å². The van der Waals surface area contributed by atoms with Gasteiger partial charge in [-0.2, -0.15) is 5.26 Å². The van der Waals surface area contributed by atoms with E-state index in [1.807, 2.05) is 0 Å². The molecule has 16 heavy (non-hydrogen) atoms. The number of rotatable bonds is 3. The molecule has 0 aliphatic heterocycles. The standard InChI is InChI=1S/C9H5ClN2O4/c10-8-2-6(12(15)16)1-5(4-11)7(8)3-9(13)14/h1-2H,3H2,(H,13,14). The van der Waals surface area contributed by atoms with Gasteiger partial charge in [-0.25, -0.2) is 0 Å². The lowest BCUT2D eigenvalue weighted by molar-refractivity contribution is -0.384. The van der Waals surface area contributed by atoms with Crippen LogP contribution in [0.4, 0.5) is 5.69 Å². The summed E-state index contributed by atoms with van der Waals surface area (Å²) in [5.74, 6) is -1.16. The number of nitro benzene ring substituents is 1. The molecule has 0 aromatic heterocycles. The Kier molecular flexibility index (Phi) is 3.43. The van der Waals surface area contributed by atoms with Gasteiger partial charge in [0.15, 0.2) is 0 Å². The van der Waals surface area contributed by atoms with Gasteiger partial charge in [-0.15, -0.1) is 0 Å². The molecular formula is C9H5ClN2O4. The number of halogens is 1. The van der Waals surface area contributed by atoms with Crippen molar-refractivity contribution in [1.29, 1.82) is 5.26 Å². The van der Waals surface area contributed by atoms with Crippen LogP contribution in [0.2, 0.25) is 5.02 Å². The molecule has 0 spiro atoms. The van der Waals surface area contributed by atoms with E-state index in [1.165, 1.54) is 0 Å². The van der Waals surface area contributed by atoms with Gasteiger partial charge < -0.3 is 5.11 Å². The van der Waals surface area contributed by atoms with E-state index in [-0.39, 0.29) is 21.8 Å². The second-order valence-electron chi connectivity index (χ2n) is 2.89. The summed E-state index contributed by atoms with van der Waals surface area (Å²) in [5.41, 5.74) is -0.348. The Morgan fingerprint density at radius 1 is 1.62 bits per heavy atom. The fourth-order valence-electron chi connectivity index (χ4n) is 1.16. The number of aliphatic carboxylic acids is 1. The summed E-state index contributed by atoms with van der Waals surface area (Å²) in [6, 6.07) is 3.72.